The van der Waals surface area contributed by atoms with Crippen LogP contribution in [0.25, 0.3) is 0 Å². The third-order valence-electron chi connectivity index (χ3n) is 3.32. The standard InChI is InChI=1S/C17H32NO2/c1-4-7-9-10-11-12-13-15-17(19)18(6-3)20-16-14-8-5-2/h1,4H,5-16H2,2-3H3. The highest BCUT2D eigenvalue weighted by molar-refractivity contribution is 5.74. The van der Waals surface area contributed by atoms with E-state index in [4.69, 9.17) is 11.4 Å². The van der Waals surface area contributed by atoms with Crippen LogP contribution in [0, 0.1) is 6.58 Å². The minimum atomic E-state index is 0.124. The van der Waals surface area contributed by atoms with Crippen LogP contribution in [-0.4, -0.2) is 24.1 Å². The topological polar surface area (TPSA) is 29.5 Å². The van der Waals surface area contributed by atoms with Gasteiger partial charge in [0.1, 0.15) is 0 Å². The fraction of sp³-hybridized carbons (Fsp3) is 0.824. The molecule has 0 aromatic heterocycles. The maximum atomic E-state index is 12.0. The van der Waals surface area contributed by atoms with Gasteiger partial charge < -0.3 is 0 Å². The molecule has 0 rings (SSSR count). The van der Waals surface area contributed by atoms with Crippen molar-refractivity contribution < 1.29 is 9.63 Å². The number of carbonyl (C=O) groups excluding carboxylic acids is 1. The third kappa shape index (κ3) is 11.0. The van der Waals surface area contributed by atoms with Crippen molar-refractivity contribution in [3.05, 3.63) is 12.7 Å². The molecule has 0 heterocycles. The molecule has 1 amide bonds. The van der Waals surface area contributed by atoms with E-state index in [1.807, 2.05) is 6.92 Å². The van der Waals surface area contributed by atoms with Gasteiger partial charge in [0.05, 0.1) is 6.61 Å². The molecular formula is C17H32NO2. The fourth-order valence-corrected chi connectivity index (χ4v) is 2.06. The second-order valence-corrected chi connectivity index (χ2v) is 5.17. The maximum absolute atomic E-state index is 12.0. The van der Waals surface area contributed by atoms with Gasteiger partial charge in [0, 0.05) is 13.0 Å². The van der Waals surface area contributed by atoms with Crippen LogP contribution < -0.4 is 0 Å². The summed E-state index contributed by atoms with van der Waals surface area (Å²) in [6.07, 6.45) is 12.3. The first-order valence-corrected chi connectivity index (χ1v) is 8.22. The lowest BCUT2D eigenvalue weighted by atomic mass is 10.1. The number of carbonyl (C=O) groups is 1. The van der Waals surface area contributed by atoms with E-state index in [0.29, 0.717) is 19.6 Å². The Labute approximate surface area is 125 Å². The molecule has 0 saturated carbocycles. The van der Waals surface area contributed by atoms with Gasteiger partial charge in [0.25, 0.3) is 0 Å². The number of amides is 1. The summed E-state index contributed by atoms with van der Waals surface area (Å²) in [7, 11) is 0. The summed E-state index contributed by atoms with van der Waals surface area (Å²) in [4.78, 5) is 17.5. The molecule has 0 bridgehead atoms. The van der Waals surface area contributed by atoms with E-state index < -0.39 is 0 Å². The third-order valence-corrected chi connectivity index (χ3v) is 3.32. The smallest absolute Gasteiger partial charge is 0.246 e. The Bertz CT molecular complexity index is 241. The minimum absolute atomic E-state index is 0.124. The van der Waals surface area contributed by atoms with Crippen LogP contribution in [0.1, 0.15) is 78.1 Å². The Balaban J connectivity index is 3.57. The van der Waals surface area contributed by atoms with Crippen molar-refractivity contribution in [2.45, 2.75) is 78.1 Å². The van der Waals surface area contributed by atoms with Crippen LogP contribution in [0.5, 0.6) is 0 Å². The predicted octanol–water partition coefficient (Wildman–Crippen LogP) is 4.68. The van der Waals surface area contributed by atoms with Gasteiger partial charge in [-0.25, -0.2) is 5.06 Å². The minimum Gasteiger partial charge on any atom is -0.273 e. The maximum Gasteiger partial charge on any atom is 0.246 e. The van der Waals surface area contributed by atoms with Gasteiger partial charge in [0.2, 0.25) is 5.91 Å². The van der Waals surface area contributed by atoms with Gasteiger partial charge in [-0.3, -0.25) is 9.63 Å². The second-order valence-electron chi connectivity index (χ2n) is 5.17. The Morgan fingerprint density at radius 3 is 2.40 bits per heavy atom. The van der Waals surface area contributed by atoms with Crippen molar-refractivity contribution >= 4 is 5.91 Å². The number of unbranched alkanes of at least 4 members (excludes halogenated alkanes) is 7. The average Bonchev–Trinajstić information content (AvgIpc) is 2.46. The highest BCUT2D eigenvalue weighted by Gasteiger charge is 2.11. The molecule has 0 aromatic carbocycles. The number of hydrogen-bond donors (Lipinski definition) is 0. The number of hydroxylamine groups is 2. The molecule has 0 unspecified atom stereocenters. The van der Waals surface area contributed by atoms with E-state index in [2.05, 4.69) is 6.92 Å². The van der Waals surface area contributed by atoms with E-state index >= 15 is 0 Å². The first-order valence-electron chi connectivity index (χ1n) is 8.22. The Kier molecular flexibility index (Phi) is 14.0. The highest BCUT2D eigenvalue weighted by atomic mass is 16.7. The van der Waals surface area contributed by atoms with E-state index in [0.717, 1.165) is 38.5 Å². The molecule has 0 aromatic rings. The normalized spacial score (nSPS) is 10.5. The second kappa shape index (κ2) is 14.6. The Hall–Kier alpha value is -0.830. The number of hydrogen-bond acceptors (Lipinski definition) is 2. The number of rotatable bonds is 14. The van der Waals surface area contributed by atoms with Crippen molar-refractivity contribution in [1.29, 1.82) is 0 Å². The van der Waals surface area contributed by atoms with Crippen LogP contribution in [0.3, 0.4) is 0 Å². The lowest BCUT2D eigenvalue weighted by Crippen LogP contribution is -2.31. The zero-order chi connectivity index (χ0) is 15.1. The van der Waals surface area contributed by atoms with Crippen LogP contribution in [0.4, 0.5) is 0 Å². The average molecular weight is 282 g/mol. The van der Waals surface area contributed by atoms with Crippen molar-refractivity contribution in [3.8, 4) is 0 Å². The van der Waals surface area contributed by atoms with E-state index in [1.54, 1.807) is 6.08 Å². The quantitative estimate of drug-likeness (QED) is 0.342. The first-order chi connectivity index (χ1) is 9.76. The molecule has 0 atom stereocenters. The van der Waals surface area contributed by atoms with Crippen LogP contribution in [0.15, 0.2) is 6.08 Å². The molecule has 20 heavy (non-hydrogen) atoms. The van der Waals surface area contributed by atoms with Crippen LogP contribution in [-0.2, 0) is 9.63 Å². The van der Waals surface area contributed by atoms with Crippen molar-refractivity contribution in [3.63, 3.8) is 0 Å². The van der Waals surface area contributed by atoms with Gasteiger partial charge in [-0.2, -0.15) is 0 Å². The van der Waals surface area contributed by atoms with Gasteiger partial charge in [-0.15, -0.1) is 0 Å². The van der Waals surface area contributed by atoms with Crippen LogP contribution in [0.2, 0.25) is 0 Å². The zero-order valence-corrected chi connectivity index (χ0v) is 13.4. The SMILES string of the molecule is [CH]=CCCCCCCCC(=O)N(CC)OCCCCC. The molecule has 0 N–H and O–H groups in total. The van der Waals surface area contributed by atoms with E-state index in [1.165, 1.54) is 24.3 Å². The molecule has 3 heteroatoms. The van der Waals surface area contributed by atoms with Crippen molar-refractivity contribution in [2.24, 2.45) is 0 Å². The van der Waals surface area contributed by atoms with E-state index in [9.17, 15) is 4.79 Å². The van der Waals surface area contributed by atoms with Gasteiger partial charge in [-0.05, 0) is 32.6 Å². The monoisotopic (exact) mass is 282 g/mol. The summed E-state index contributed by atoms with van der Waals surface area (Å²) in [6.45, 7) is 10.7. The number of allylic oxidation sites excluding steroid dienone is 1. The molecule has 0 aliphatic rings. The highest BCUT2D eigenvalue weighted by Crippen LogP contribution is 2.09. The van der Waals surface area contributed by atoms with Gasteiger partial charge in [0.15, 0.2) is 0 Å². The summed E-state index contributed by atoms with van der Waals surface area (Å²) in [5.74, 6) is 0.124. The fourth-order valence-electron chi connectivity index (χ4n) is 2.06. The summed E-state index contributed by atoms with van der Waals surface area (Å²) in [6, 6.07) is 0. The molecule has 0 aliphatic carbocycles. The molecule has 0 aliphatic heterocycles. The first kappa shape index (κ1) is 19.2. The molecule has 0 saturated heterocycles. The lowest BCUT2D eigenvalue weighted by Gasteiger charge is -2.20. The van der Waals surface area contributed by atoms with Gasteiger partial charge >= 0.3 is 0 Å². The molecule has 1 radical (unpaired) electrons. The van der Waals surface area contributed by atoms with E-state index in [-0.39, 0.29) is 5.91 Å². The molecule has 0 spiro atoms. The summed E-state index contributed by atoms with van der Waals surface area (Å²) >= 11 is 0. The van der Waals surface area contributed by atoms with Crippen LogP contribution >= 0.6 is 0 Å². The van der Waals surface area contributed by atoms with Crippen molar-refractivity contribution in [2.75, 3.05) is 13.2 Å². The molecule has 3 nitrogen and oxygen atoms in total. The predicted molar refractivity (Wildman–Crippen MR) is 84.1 cm³/mol. The molecule has 0 fully saturated rings. The summed E-state index contributed by atoms with van der Waals surface area (Å²) in [5, 5.41) is 1.53. The largest absolute Gasteiger partial charge is 0.273 e. The lowest BCUT2D eigenvalue weighted by molar-refractivity contribution is -0.185. The van der Waals surface area contributed by atoms with Crippen molar-refractivity contribution in [1.82, 2.24) is 5.06 Å². The molecule has 117 valence electrons. The summed E-state index contributed by atoms with van der Waals surface area (Å²) in [5.41, 5.74) is 0. The Morgan fingerprint density at radius 2 is 1.75 bits per heavy atom. The summed E-state index contributed by atoms with van der Waals surface area (Å²) < 4.78 is 0. The molecular weight excluding hydrogens is 250 g/mol. The zero-order valence-electron chi connectivity index (χ0n) is 13.4. The number of nitrogens with zero attached hydrogens (tertiary/aromatic N) is 1. The Morgan fingerprint density at radius 1 is 1.05 bits per heavy atom. The van der Waals surface area contributed by atoms with Gasteiger partial charge in [-0.1, -0.05) is 51.7 Å².